The monoisotopic (exact) mass is 1280 g/mol. The maximum absolute atomic E-state index is 12.6. The zero-order valence-electron chi connectivity index (χ0n) is 41.6. The van der Waals surface area contributed by atoms with Crippen molar-refractivity contribution in [1.82, 2.24) is 20.0 Å². The molecule has 2 amide bonds. The summed E-state index contributed by atoms with van der Waals surface area (Å²) in [6, 6.07) is 12.5. The zero-order valence-corrected chi connectivity index (χ0v) is 46.4. The van der Waals surface area contributed by atoms with Gasteiger partial charge < -0.3 is 53.4 Å². The highest BCUT2D eigenvalue weighted by molar-refractivity contribution is 7.94. The number of rotatable bonds is 19. The van der Waals surface area contributed by atoms with E-state index in [1.165, 1.54) is 54.3 Å². The molecule has 81 heavy (non-hydrogen) atoms. The molecule has 4 aromatic carbocycles. The Bertz CT molecular complexity index is 3110. The number of carbonyl (C=O) groups is 4. The van der Waals surface area contributed by atoms with Crippen LogP contribution in [-0.2, 0) is 36.5 Å². The van der Waals surface area contributed by atoms with Crippen molar-refractivity contribution in [3.05, 3.63) is 121 Å². The summed E-state index contributed by atoms with van der Waals surface area (Å²) in [7, 11) is -7.08. The number of carboxylic acid groups (broad SMARTS) is 3. The topological polar surface area (TPSA) is 375 Å². The molecule has 25 nitrogen and oxygen atoms in total. The number of methoxy groups -OCH3 is 1. The molecule has 0 spiro atoms. The highest BCUT2D eigenvalue weighted by Gasteiger charge is 2.31. The van der Waals surface area contributed by atoms with Crippen molar-refractivity contribution >= 4 is 98.9 Å². The van der Waals surface area contributed by atoms with Crippen LogP contribution in [0.15, 0.2) is 83.8 Å². The van der Waals surface area contributed by atoms with E-state index in [1.807, 2.05) is 5.32 Å². The number of hydrogen-bond donors (Lipinski definition) is 7. The van der Waals surface area contributed by atoms with Gasteiger partial charge in [-0.3, -0.25) is 25.5 Å². The lowest BCUT2D eigenvalue weighted by Crippen LogP contribution is -2.35. The summed E-state index contributed by atoms with van der Waals surface area (Å²) in [5.41, 5.74) is -1.91. The number of aliphatic carboxylic acids is 1. The Morgan fingerprint density at radius 1 is 0.827 bits per heavy atom. The van der Waals surface area contributed by atoms with Crippen molar-refractivity contribution in [2.24, 2.45) is 0 Å². The molecule has 1 heterocycles. The summed E-state index contributed by atoms with van der Waals surface area (Å²) in [6.45, 7) is -5.44. The SMILES string of the molecule is CCOc1cc(Oc2ccc(C(F)(F)F)cc2Cl)ccc1[N+](=O)[O-].COc1c(Cl)ccc(Cl)c1C(=O)O.C[S+](C)C.O=C(Nc1nc(OC(F)F)cc(OC(F)F)n1)NS(=O)(=O)c1ccccc1C(=O)O.O=C(O)CNCP(=O)([O-])O. The molecule has 0 radical (unpaired) electrons. The van der Waals surface area contributed by atoms with Gasteiger partial charge in [0.2, 0.25) is 23.5 Å². The Kier molecular flexibility index (Phi) is 29.8. The number of carbonyl (C=O) groups excluding carboxylic acids is 1. The number of nitro benzene ring substituents is 1. The fourth-order valence-electron chi connectivity index (χ4n) is 5.05. The van der Waals surface area contributed by atoms with Crippen molar-refractivity contribution in [3.63, 3.8) is 0 Å². The van der Waals surface area contributed by atoms with Crippen LogP contribution in [0.3, 0.4) is 0 Å². The number of nitrogens with one attached hydrogen (secondary N) is 3. The average molecular weight is 1280 g/mol. The van der Waals surface area contributed by atoms with Crippen LogP contribution in [0.25, 0.3) is 0 Å². The zero-order chi connectivity index (χ0) is 62.2. The van der Waals surface area contributed by atoms with Crippen LogP contribution in [0.4, 0.5) is 47.2 Å². The van der Waals surface area contributed by atoms with Gasteiger partial charge in [0.25, 0.3) is 10.0 Å². The van der Waals surface area contributed by atoms with Crippen molar-refractivity contribution in [2.45, 2.75) is 31.2 Å². The molecule has 1 unspecified atom stereocenters. The fraction of sp³-hybridized carbons (Fsp3) is 0.256. The third kappa shape index (κ3) is 27.2. The molecule has 1 aromatic heterocycles. The molecular weight excluding hydrogens is 1240 g/mol. The molecule has 0 aliphatic carbocycles. The molecule has 5 aromatic rings. The van der Waals surface area contributed by atoms with Crippen molar-refractivity contribution in [3.8, 4) is 34.8 Å². The van der Waals surface area contributed by atoms with Gasteiger partial charge in [0, 0.05) is 12.1 Å². The van der Waals surface area contributed by atoms with Crippen molar-refractivity contribution in [2.75, 3.05) is 50.6 Å². The van der Waals surface area contributed by atoms with E-state index in [1.54, 1.807) is 12.2 Å². The first-order chi connectivity index (χ1) is 37.4. The maximum Gasteiger partial charge on any atom is 0.416 e. The van der Waals surface area contributed by atoms with E-state index in [9.17, 15) is 77.9 Å². The van der Waals surface area contributed by atoms with Crippen LogP contribution >= 0.6 is 42.4 Å². The Hall–Kier alpha value is -7.17. The predicted octanol–water partition coefficient (Wildman–Crippen LogP) is 8.70. The molecule has 0 fully saturated rings. The van der Waals surface area contributed by atoms with Crippen LogP contribution in [0.2, 0.25) is 15.1 Å². The number of halogens is 10. The third-order valence-corrected chi connectivity index (χ3v) is 10.9. The lowest BCUT2D eigenvalue weighted by molar-refractivity contribution is -0.385. The lowest BCUT2D eigenvalue weighted by Gasteiger charge is -2.14. The molecule has 0 aliphatic rings. The summed E-state index contributed by atoms with van der Waals surface area (Å²) in [5, 5.41) is 40.5. The lowest BCUT2D eigenvalue weighted by atomic mass is 10.2. The minimum absolute atomic E-state index is 0.0111. The quantitative estimate of drug-likeness (QED) is 0.0133. The first-order valence-electron chi connectivity index (χ1n) is 21.0. The number of urea groups is 1. The van der Waals surface area contributed by atoms with Crippen molar-refractivity contribution in [1.29, 1.82) is 0 Å². The second kappa shape index (κ2) is 33.6. The second-order valence-corrected chi connectivity index (χ2v) is 21.5. The standard InChI is InChI=1S/C15H11ClF3NO4.C14H10F4N4O7S.C8H6Cl2O3.C3H8NO5P.C3H9S/c1-2-23-14-8-10(4-5-12(14)20(21)22)24-13-6-3-9(7-11(13)16)15(17,18)19;15-11(16)28-8-5-9(29-12(17)18)20-13(19-8)21-14(25)22-30(26,27)7-4-2-1-3-6(7)10(23)24;1-13-7-5(10)3-2-4(9)6(7)8(11)12;5-3(6)1-4-2-10(7,8)9;1-4(2)3/h3-8H,2H2,1H3;1-5,11-12H,(H,23,24)(H2,19,20,21,22,25);2-3H,1H3,(H,11,12);4H,1-2H2,(H,5,6)(H2,7,8,9);1-3H3/q;;;;+1/p-1. The van der Waals surface area contributed by atoms with Gasteiger partial charge in [0.1, 0.15) is 29.6 Å². The van der Waals surface area contributed by atoms with E-state index in [-0.39, 0.29) is 55.9 Å². The number of benzene rings is 4. The number of aromatic carboxylic acids is 2. The summed E-state index contributed by atoms with van der Waals surface area (Å²) in [4.78, 5) is 77.7. The Balaban J connectivity index is 0.000000568. The van der Waals surface area contributed by atoms with Gasteiger partial charge >= 0.3 is 49.0 Å². The van der Waals surface area contributed by atoms with Crippen LogP contribution in [0.1, 0.15) is 33.2 Å². The third-order valence-electron chi connectivity index (χ3n) is 7.94. The number of ether oxygens (including phenoxy) is 5. The van der Waals surface area contributed by atoms with Crippen LogP contribution in [0.5, 0.6) is 34.8 Å². The first kappa shape index (κ1) is 71.8. The highest BCUT2D eigenvalue weighted by atomic mass is 35.5. The summed E-state index contributed by atoms with van der Waals surface area (Å²) < 4.78 is 146. The molecule has 5 rings (SSSR count). The van der Waals surface area contributed by atoms with E-state index >= 15 is 0 Å². The first-order valence-corrected chi connectivity index (χ1v) is 27.9. The highest BCUT2D eigenvalue weighted by Crippen LogP contribution is 2.39. The van der Waals surface area contributed by atoms with Gasteiger partial charge in [0.05, 0.1) is 82.5 Å². The van der Waals surface area contributed by atoms with E-state index in [0.29, 0.717) is 17.0 Å². The summed E-state index contributed by atoms with van der Waals surface area (Å²) in [6.07, 6.45) is 1.36. The molecule has 0 aliphatic heterocycles. The van der Waals surface area contributed by atoms with Gasteiger partial charge in [0.15, 0.2) is 5.75 Å². The van der Waals surface area contributed by atoms with Gasteiger partial charge in [-0.05, 0) is 66.3 Å². The van der Waals surface area contributed by atoms with Gasteiger partial charge in [-0.15, -0.1) is 0 Å². The number of sulfonamides is 1. The molecule has 446 valence electrons. The number of nitrogens with zero attached hydrogens (tertiary/aromatic N) is 3. The number of anilines is 1. The number of alkyl halides is 7. The van der Waals surface area contributed by atoms with E-state index in [4.69, 9.17) is 69.2 Å². The number of carboxylic acids is 3. The van der Waals surface area contributed by atoms with Crippen molar-refractivity contribution < 1.29 is 117 Å². The van der Waals surface area contributed by atoms with E-state index < -0.39 is 112 Å². The van der Waals surface area contributed by atoms with E-state index in [2.05, 4.69) is 38.2 Å². The fourth-order valence-corrected chi connectivity index (χ4v) is 7.23. The largest absolute Gasteiger partial charge is 0.778 e. The van der Waals surface area contributed by atoms with Crippen LogP contribution < -0.4 is 43.9 Å². The Labute approximate surface area is 470 Å². The predicted molar refractivity (Wildman–Crippen MR) is 274 cm³/mol. The molecule has 0 bridgehead atoms. The minimum atomic E-state index is -4.71. The molecule has 0 saturated carbocycles. The van der Waals surface area contributed by atoms with E-state index in [0.717, 1.165) is 30.3 Å². The molecule has 0 saturated heterocycles. The van der Waals surface area contributed by atoms with Gasteiger partial charge in [-0.2, -0.15) is 40.7 Å². The number of aromatic nitrogens is 2. The Morgan fingerprint density at radius 2 is 1.38 bits per heavy atom. The number of hydrogen-bond acceptors (Lipinski definition) is 18. The van der Waals surface area contributed by atoms with Gasteiger partial charge in [-0.25, -0.2) is 27.5 Å². The molecule has 38 heteroatoms. The molecular formula is C43H43Cl3F7N6O19PS2. The average Bonchev–Trinajstić information content (AvgIpc) is 3.31. The van der Waals surface area contributed by atoms with Crippen LogP contribution in [0, 0.1) is 10.1 Å². The normalized spacial score (nSPS) is 11.5. The summed E-state index contributed by atoms with van der Waals surface area (Å²) in [5.74, 6) is -6.59. The maximum atomic E-state index is 12.6. The Morgan fingerprint density at radius 3 is 1.83 bits per heavy atom. The van der Waals surface area contributed by atoms with Gasteiger partial charge in [-0.1, -0.05) is 46.9 Å². The number of amides is 2. The molecule has 1 atom stereocenters. The van der Waals surface area contributed by atoms with Crippen LogP contribution in [-0.4, -0.2) is 126 Å². The number of nitro groups is 1. The molecule has 7 N–H and O–H groups in total. The summed E-state index contributed by atoms with van der Waals surface area (Å²) >= 11 is 17.2. The minimum Gasteiger partial charge on any atom is -0.778 e. The smallest absolute Gasteiger partial charge is 0.416 e. The second-order valence-electron chi connectivity index (χ2n) is 14.6.